The van der Waals surface area contributed by atoms with Gasteiger partial charge in [0.2, 0.25) is 0 Å². The fourth-order valence-corrected chi connectivity index (χ4v) is 4.40. The number of benzene rings is 3. The number of hydrogen-bond acceptors (Lipinski definition) is 0. The third-order valence-electron chi connectivity index (χ3n) is 5.43. The van der Waals surface area contributed by atoms with Crippen molar-refractivity contribution in [2.75, 3.05) is 0 Å². The first-order chi connectivity index (χ1) is 12.3. The van der Waals surface area contributed by atoms with E-state index in [1.54, 1.807) is 0 Å². The Morgan fingerprint density at radius 1 is 0.800 bits per heavy atom. The summed E-state index contributed by atoms with van der Waals surface area (Å²) in [6, 6.07) is 17.6. The molecule has 0 bridgehead atoms. The molecule has 0 nitrogen and oxygen atoms in total. The molecule has 5 rings (SSSR count). The Balaban J connectivity index is 1.78. The standard InChI is InChI=1S/C25H16/c1-3-7-16-10-13-22-23(19(16)4-2)15-18-11-12-21-20-9-6-5-8-17(20)14-24(21)25(18)22/h2,5-6,8-13H,14-15H2,1H3. The summed E-state index contributed by atoms with van der Waals surface area (Å²) >= 11 is 0. The molecule has 3 aromatic rings. The topological polar surface area (TPSA) is 0 Å². The Kier molecular flexibility index (Phi) is 2.91. The van der Waals surface area contributed by atoms with Gasteiger partial charge in [0.1, 0.15) is 0 Å². The average Bonchev–Trinajstić information content (AvgIpc) is 3.19. The summed E-state index contributed by atoms with van der Waals surface area (Å²) in [5.74, 6) is 9.03. The Labute approximate surface area is 148 Å². The molecule has 0 atom stereocenters. The van der Waals surface area contributed by atoms with E-state index in [0.29, 0.717) is 0 Å². The molecule has 0 radical (unpaired) electrons. The van der Waals surface area contributed by atoms with Crippen LogP contribution in [0.25, 0.3) is 22.3 Å². The molecule has 0 spiro atoms. The van der Waals surface area contributed by atoms with Crippen LogP contribution >= 0.6 is 0 Å². The second kappa shape index (κ2) is 5.14. The molecule has 0 heteroatoms. The van der Waals surface area contributed by atoms with Crippen molar-refractivity contribution in [3.05, 3.63) is 81.9 Å². The van der Waals surface area contributed by atoms with Gasteiger partial charge in [0.25, 0.3) is 0 Å². The summed E-state index contributed by atoms with van der Waals surface area (Å²) in [5, 5.41) is 0. The maximum absolute atomic E-state index is 5.85. The van der Waals surface area contributed by atoms with Crippen molar-refractivity contribution < 1.29 is 0 Å². The van der Waals surface area contributed by atoms with Gasteiger partial charge in [0.15, 0.2) is 0 Å². The van der Waals surface area contributed by atoms with E-state index in [-0.39, 0.29) is 0 Å². The zero-order chi connectivity index (χ0) is 17.0. The first-order valence-electron chi connectivity index (χ1n) is 8.60. The summed E-state index contributed by atoms with van der Waals surface area (Å²) < 4.78 is 0. The van der Waals surface area contributed by atoms with Crippen molar-refractivity contribution in [1.29, 1.82) is 0 Å². The molecular weight excluding hydrogens is 300 g/mol. The third kappa shape index (κ3) is 1.86. The quantitative estimate of drug-likeness (QED) is 0.345. The van der Waals surface area contributed by atoms with Crippen LogP contribution in [0.3, 0.4) is 0 Å². The molecule has 0 N–H and O–H groups in total. The summed E-state index contributed by atoms with van der Waals surface area (Å²) in [6.45, 7) is 1.85. The monoisotopic (exact) mass is 316 g/mol. The largest absolute Gasteiger partial charge is 0.115 e. The number of rotatable bonds is 0. The Hall–Kier alpha value is -3.22. The van der Waals surface area contributed by atoms with Crippen LogP contribution < -0.4 is 0 Å². The molecule has 0 amide bonds. The molecule has 0 aliphatic heterocycles. The van der Waals surface area contributed by atoms with Crippen molar-refractivity contribution in [3.8, 4) is 46.4 Å². The first-order valence-corrected chi connectivity index (χ1v) is 8.60. The van der Waals surface area contributed by atoms with Gasteiger partial charge >= 0.3 is 0 Å². The lowest BCUT2D eigenvalue weighted by atomic mass is 9.93. The smallest absolute Gasteiger partial charge is 0.0440 e. The fourth-order valence-electron chi connectivity index (χ4n) is 4.40. The van der Waals surface area contributed by atoms with Crippen LogP contribution in [0.5, 0.6) is 0 Å². The molecule has 0 heterocycles. The molecule has 0 aromatic heterocycles. The molecule has 0 unspecified atom stereocenters. The van der Waals surface area contributed by atoms with Crippen LogP contribution in [0.4, 0.5) is 0 Å². The Morgan fingerprint density at radius 3 is 2.44 bits per heavy atom. The summed E-state index contributed by atoms with van der Waals surface area (Å²) in [7, 11) is 0. The molecule has 2 aliphatic rings. The highest BCUT2D eigenvalue weighted by Gasteiger charge is 2.29. The highest BCUT2D eigenvalue weighted by atomic mass is 14.3. The average molecular weight is 316 g/mol. The number of fused-ring (bicyclic) bond motifs is 7. The summed E-state index contributed by atoms with van der Waals surface area (Å²) in [6.07, 6.45) is 7.77. The first kappa shape index (κ1) is 14.2. The van der Waals surface area contributed by atoms with Crippen LogP contribution in [0.1, 0.15) is 40.3 Å². The Bertz CT molecular complexity index is 1160. The SMILES string of the molecule is C#Cc1c(C#CC)ccc2c1Cc1ccc3c(c1-2)Cc1ccccc1-3. The number of hydrogen-bond donors (Lipinski definition) is 0. The fraction of sp³-hybridized carbons (Fsp3) is 0.120. The molecule has 2 aliphatic carbocycles. The molecule has 25 heavy (non-hydrogen) atoms. The van der Waals surface area contributed by atoms with Gasteiger partial charge in [-0.25, -0.2) is 0 Å². The second-order valence-electron chi connectivity index (χ2n) is 6.67. The van der Waals surface area contributed by atoms with Crippen molar-refractivity contribution in [2.45, 2.75) is 19.8 Å². The zero-order valence-electron chi connectivity index (χ0n) is 14.1. The molecule has 3 aromatic carbocycles. The molecule has 0 fully saturated rings. The van der Waals surface area contributed by atoms with Gasteiger partial charge in [-0.2, -0.15) is 0 Å². The summed E-state index contributed by atoms with van der Waals surface area (Å²) in [5.41, 5.74) is 12.9. The lowest BCUT2D eigenvalue weighted by Gasteiger charge is -2.10. The lowest BCUT2D eigenvalue weighted by Crippen LogP contribution is -1.92. The molecule has 0 saturated heterocycles. The third-order valence-corrected chi connectivity index (χ3v) is 5.43. The van der Waals surface area contributed by atoms with E-state index in [4.69, 9.17) is 6.42 Å². The zero-order valence-corrected chi connectivity index (χ0v) is 14.1. The van der Waals surface area contributed by atoms with Gasteiger partial charge in [0, 0.05) is 11.1 Å². The molecular formula is C25H16. The second-order valence-corrected chi connectivity index (χ2v) is 6.67. The van der Waals surface area contributed by atoms with Gasteiger partial charge in [-0.3, -0.25) is 0 Å². The molecule has 116 valence electrons. The van der Waals surface area contributed by atoms with E-state index < -0.39 is 0 Å². The van der Waals surface area contributed by atoms with Crippen LogP contribution in [0.15, 0.2) is 48.5 Å². The van der Waals surface area contributed by atoms with Gasteiger partial charge in [-0.1, -0.05) is 54.3 Å². The van der Waals surface area contributed by atoms with Gasteiger partial charge < -0.3 is 0 Å². The minimum absolute atomic E-state index is 0.910. The van der Waals surface area contributed by atoms with Crippen LogP contribution in [-0.2, 0) is 12.8 Å². The van der Waals surface area contributed by atoms with Crippen LogP contribution in [-0.4, -0.2) is 0 Å². The summed E-state index contributed by atoms with van der Waals surface area (Å²) in [4.78, 5) is 0. The molecule has 0 saturated carbocycles. The van der Waals surface area contributed by atoms with Crippen LogP contribution in [0, 0.1) is 24.2 Å². The van der Waals surface area contributed by atoms with E-state index in [1.165, 1.54) is 44.5 Å². The van der Waals surface area contributed by atoms with E-state index >= 15 is 0 Å². The van der Waals surface area contributed by atoms with E-state index in [1.807, 2.05) is 6.92 Å². The van der Waals surface area contributed by atoms with Crippen molar-refractivity contribution in [2.24, 2.45) is 0 Å². The number of terminal acetylenes is 1. The van der Waals surface area contributed by atoms with E-state index in [0.717, 1.165) is 24.0 Å². The highest BCUT2D eigenvalue weighted by molar-refractivity contribution is 5.91. The lowest BCUT2D eigenvalue weighted by molar-refractivity contribution is 1.23. The normalized spacial score (nSPS) is 12.3. The maximum Gasteiger partial charge on any atom is 0.0440 e. The highest BCUT2D eigenvalue weighted by Crippen LogP contribution is 2.48. The minimum atomic E-state index is 0.910. The van der Waals surface area contributed by atoms with Crippen molar-refractivity contribution in [1.82, 2.24) is 0 Å². The van der Waals surface area contributed by atoms with Crippen molar-refractivity contribution in [3.63, 3.8) is 0 Å². The predicted octanol–water partition coefficient (Wildman–Crippen LogP) is 5.18. The minimum Gasteiger partial charge on any atom is -0.115 e. The van der Waals surface area contributed by atoms with Gasteiger partial charge in [0.05, 0.1) is 0 Å². The maximum atomic E-state index is 5.85. The van der Waals surface area contributed by atoms with E-state index in [9.17, 15) is 0 Å². The van der Waals surface area contributed by atoms with E-state index in [2.05, 4.69) is 66.3 Å². The predicted molar refractivity (Wildman–Crippen MR) is 103 cm³/mol. The van der Waals surface area contributed by atoms with Gasteiger partial charge in [-0.05, 0) is 70.3 Å². The van der Waals surface area contributed by atoms with Crippen molar-refractivity contribution >= 4 is 0 Å². The Morgan fingerprint density at radius 2 is 1.60 bits per heavy atom. The van der Waals surface area contributed by atoms with Crippen LogP contribution in [0.2, 0.25) is 0 Å². The van der Waals surface area contributed by atoms with Gasteiger partial charge in [-0.15, -0.1) is 12.3 Å².